The van der Waals surface area contributed by atoms with Gasteiger partial charge in [0.25, 0.3) is 0 Å². The van der Waals surface area contributed by atoms with Crippen LogP contribution in [-0.2, 0) is 6.54 Å². The van der Waals surface area contributed by atoms with Gasteiger partial charge < -0.3 is 15.2 Å². The van der Waals surface area contributed by atoms with Gasteiger partial charge in [-0.25, -0.2) is 0 Å². The summed E-state index contributed by atoms with van der Waals surface area (Å²) in [5.74, 6) is 1.98. The zero-order valence-electron chi connectivity index (χ0n) is 12.7. The zero-order valence-corrected chi connectivity index (χ0v) is 15.0. The van der Waals surface area contributed by atoms with Crippen LogP contribution in [0.1, 0.15) is 43.8 Å². The minimum absolute atomic E-state index is 0. The van der Waals surface area contributed by atoms with Gasteiger partial charge in [-0.05, 0) is 39.0 Å². The lowest BCUT2D eigenvalue weighted by Crippen LogP contribution is -2.37. The number of hydrogen-bond donors (Lipinski definition) is 2. The van der Waals surface area contributed by atoms with E-state index in [2.05, 4.69) is 31.8 Å². The average Bonchev–Trinajstić information content (AvgIpc) is 2.89. The molecule has 6 nitrogen and oxygen atoms in total. The van der Waals surface area contributed by atoms with E-state index in [0.29, 0.717) is 18.3 Å². The third-order valence-electron chi connectivity index (χ3n) is 3.32. The molecule has 0 bridgehead atoms. The molecule has 2 rings (SSSR count). The van der Waals surface area contributed by atoms with Gasteiger partial charge in [0, 0.05) is 13.6 Å². The molecule has 0 aliphatic heterocycles. The first-order valence-corrected chi connectivity index (χ1v) is 7.19. The van der Waals surface area contributed by atoms with Gasteiger partial charge in [0.1, 0.15) is 0 Å². The maximum Gasteiger partial charge on any atom is 0.246 e. The van der Waals surface area contributed by atoms with Crippen molar-refractivity contribution in [2.24, 2.45) is 4.99 Å². The Kier molecular flexibility index (Phi) is 8.33. The van der Waals surface area contributed by atoms with Crippen molar-refractivity contribution in [2.45, 2.75) is 45.6 Å². The number of guanidine groups is 1. The molecule has 1 aliphatic rings. The SMILES string of the molecule is CN=C(NCCC1=CCCCC1)NCc1nc(C)no1.I. The molecule has 0 saturated carbocycles. The van der Waals surface area contributed by atoms with Crippen molar-refractivity contribution in [3.05, 3.63) is 23.4 Å². The number of aryl methyl sites for hydroxylation is 1. The number of hydrogen-bond acceptors (Lipinski definition) is 4. The Balaban J connectivity index is 0.00000220. The molecule has 118 valence electrons. The Morgan fingerprint density at radius 1 is 1.38 bits per heavy atom. The molecule has 1 heterocycles. The molecular weight excluding hydrogens is 381 g/mol. The number of rotatable bonds is 5. The topological polar surface area (TPSA) is 75.3 Å². The molecule has 0 aromatic carbocycles. The molecular formula is C14H24IN5O. The number of allylic oxidation sites excluding steroid dienone is 1. The zero-order chi connectivity index (χ0) is 14.2. The van der Waals surface area contributed by atoms with Crippen molar-refractivity contribution in [1.82, 2.24) is 20.8 Å². The van der Waals surface area contributed by atoms with Gasteiger partial charge in [-0.2, -0.15) is 4.98 Å². The Hall–Kier alpha value is -1.12. The summed E-state index contributed by atoms with van der Waals surface area (Å²) < 4.78 is 5.04. The van der Waals surface area contributed by atoms with Crippen LogP contribution in [0.5, 0.6) is 0 Å². The molecule has 2 N–H and O–H groups in total. The van der Waals surface area contributed by atoms with E-state index in [-0.39, 0.29) is 24.0 Å². The Bertz CT molecular complexity index is 483. The second-order valence-corrected chi connectivity index (χ2v) is 4.95. The van der Waals surface area contributed by atoms with Crippen molar-refractivity contribution in [1.29, 1.82) is 0 Å². The molecule has 0 radical (unpaired) electrons. The van der Waals surface area contributed by atoms with Crippen molar-refractivity contribution in [3.63, 3.8) is 0 Å². The normalized spacial score (nSPS) is 15.1. The van der Waals surface area contributed by atoms with E-state index < -0.39 is 0 Å². The standard InChI is InChI=1S/C14H23N5O.HI/c1-11-18-13(20-19-11)10-17-14(15-2)16-9-8-12-6-4-3-5-7-12;/h6H,3-5,7-10H2,1-2H3,(H2,15,16,17);1H. The molecule has 0 atom stereocenters. The lowest BCUT2D eigenvalue weighted by atomic mass is 9.97. The summed E-state index contributed by atoms with van der Waals surface area (Å²) in [4.78, 5) is 8.32. The van der Waals surface area contributed by atoms with Crippen LogP contribution < -0.4 is 10.6 Å². The molecule has 1 aromatic heterocycles. The predicted octanol–water partition coefficient (Wildman–Crippen LogP) is 2.55. The van der Waals surface area contributed by atoms with Crippen molar-refractivity contribution in [2.75, 3.05) is 13.6 Å². The average molecular weight is 405 g/mol. The minimum atomic E-state index is 0. The summed E-state index contributed by atoms with van der Waals surface area (Å²) in [6.07, 6.45) is 8.61. The first-order valence-electron chi connectivity index (χ1n) is 7.19. The fraction of sp³-hybridized carbons (Fsp3) is 0.643. The van der Waals surface area contributed by atoms with Crippen LogP contribution in [0, 0.1) is 6.92 Å². The Morgan fingerprint density at radius 2 is 2.24 bits per heavy atom. The highest BCUT2D eigenvalue weighted by Crippen LogP contribution is 2.19. The van der Waals surface area contributed by atoms with Crippen LogP contribution in [0.2, 0.25) is 0 Å². The summed E-state index contributed by atoms with van der Waals surface area (Å²) in [7, 11) is 1.76. The highest BCUT2D eigenvalue weighted by Gasteiger charge is 2.06. The van der Waals surface area contributed by atoms with E-state index in [9.17, 15) is 0 Å². The molecule has 0 fully saturated rings. The summed E-state index contributed by atoms with van der Waals surface area (Å²) in [5.41, 5.74) is 1.56. The second kappa shape index (κ2) is 9.75. The summed E-state index contributed by atoms with van der Waals surface area (Å²) in [5, 5.41) is 10.2. The monoisotopic (exact) mass is 405 g/mol. The van der Waals surface area contributed by atoms with E-state index in [4.69, 9.17) is 4.52 Å². The Morgan fingerprint density at radius 3 is 2.86 bits per heavy atom. The number of nitrogens with one attached hydrogen (secondary N) is 2. The van der Waals surface area contributed by atoms with E-state index in [1.807, 2.05) is 0 Å². The first kappa shape index (κ1) is 17.9. The molecule has 7 heteroatoms. The van der Waals surface area contributed by atoms with Crippen molar-refractivity contribution in [3.8, 4) is 0 Å². The quantitative estimate of drug-likeness (QED) is 0.341. The van der Waals surface area contributed by atoms with Crippen molar-refractivity contribution >= 4 is 29.9 Å². The summed E-state index contributed by atoms with van der Waals surface area (Å²) >= 11 is 0. The van der Waals surface area contributed by atoms with E-state index >= 15 is 0 Å². The molecule has 0 spiro atoms. The van der Waals surface area contributed by atoms with Crippen LogP contribution in [-0.4, -0.2) is 29.7 Å². The number of halogens is 1. The summed E-state index contributed by atoms with van der Waals surface area (Å²) in [6, 6.07) is 0. The first-order chi connectivity index (χ1) is 9.78. The van der Waals surface area contributed by atoms with E-state index in [1.165, 1.54) is 25.7 Å². The third kappa shape index (κ3) is 6.45. The fourth-order valence-corrected chi connectivity index (χ4v) is 2.26. The predicted molar refractivity (Wildman–Crippen MR) is 93.8 cm³/mol. The van der Waals surface area contributed by atoms with Gasteiger partial charge in [0.15, 0.2) is 11.8 Å². The lowest BCUT2D eigenvalue weighted by Gasteiger charge is -2.14. The molecule has 0 saturated heterocycles. The van der Waals surface area contributed by atoms with Gasteiger partial charge in [-0.1, -0.05) is 16.8 Å². The molecule has 1 aliphatic carbocycles. The van der Waals surface area contributed by atoms with Gasteiger partial charge >= 0.3 is 0 Å². The van der Waals surface area contributed by atoms with Crippen LogP contribution in [0.25, 0.3) is 0 Å². The van der Waals surface area contributed by atoms with E-state index in [0.717, 1.165) is 18.9 Å². The lowest BCUT2D eigenvalue weighted by molar-refractivity contribution is 0.371. The highest BCUT2D eigenvalue weighted by molar-refractivity contribution is 14.0. The van der Waals surface area contributed by atoms with Crippen molar-refractivity contribution < 1.29 is 4.52 Å². The third-order valence-corrected chi connectivity index (χ3v) is 3.32. The van der Waals surface area contributed by atoms with Crippen LogP contribution >= 0.6 is 24.0 Å². The van der Waals surface area contributed by atoms with Gasteiger partial charge in [-0.15, -0.1) is 24.0 Å². The van der Waals surface area contributed by atoms with Gasteiger partial charge in [0.2, 0.25) is 5.89 Å². The molecule has 1 aromatic rings. The highest BCUT2D eigenvalue weighted by atomic mass is 127. The Labute approximate surface area is 142 Å². The molecule has 0 unspecified atom stereocenters. The number of aromatic nitrogens is 2. The van der Waals surface area contributed by atoms with Crippen LogP contribution in [0.15, 0.2) is 21.2 Å². The maximum absolute atomic E-state index is 5.04. The van der Waals surface area contributed by atoms with Crippen LogP contribution in [0.3, 0.4) is 0 Å². The fourth-order valence-electron chi connectivity index (χ4n) is 2.26. The van der Waals surface area contributed by atoms with E-state index in [1.54, 1.807) is 19.5 Å². The largest absolute Gasteiger partial charge is 0.356 e. The molecule has 0 amide bonds. The maximum atomic E-state index is 5.04. The number of aliphatic imine (C=N–C) groups is 1. The number of nitrogens with zero attached hydrogens (tertiary/aromatic N) is 3. The molecule has 21 heavy (non-hydrogen) atoms. The minimum Gasteiger partial charge on any atom is -0.356 e. The van der Waals surface area contributed by atoms with Gasteiger partial charge in [-0.3, -0.25) is 4.99 Å². The van der Waals surface area contributed by atoms with Crippen LogP contribution in [0.4, 0.5) is 0 Å². The second-order valence-electron chi connectivity index (χ2n) is 4.95. The van der Waals surface area contributed by atoms with Gasteiger partial charge in [0.05, 0.1) is 6.54 Å². The smallest absolute Gasteiger partial charge is 0.246 e. The summed E-state index contributed by atoms with van der Waals surface area (Å²) in [6.45, 7) is 3.19.